The molecule has 0 unspecified atom stereocenters. The maximum absolute atomic E-state index is 12.0. The highest BCUT2D eigenvalue weighted by Crippen LogP contribution is 2.29. The average Bonchev–Trinajstić information content (AvgIpc) is 2.92. The van der Waals surface area contributed by atoms with Crippen molar-refractivity contribution < 1.29 is 14.3 Å². The number of para-hydroxylation sites is 1. The molecule has 0 atom stereocenters. The minimum absolute atomic E-state index is 0.316. The van der Waals surface area contributed by atoms with Gasteiger partial charge in [0.1, 0.15) is 11.4 Å². The third kappa shape index (κ3) is 3.22. The number of carbonyl (C=O) groups excluding carboxylic acids is 1. The predicted octanol–water partition coefficient (Wildman–Crippen LogP) is 1.69. The van der Waals surface area contributed by atoms with Gasteiger partial charge in [-0.3, -0.25) is 4.68 Å². The molecule has 6 heteroatoms. The van der Waals surface area contributed by atoms with Crippen LogP contribution in [-0.4, -0.2) is 36.0 Å². The van der Waals surface area contributed by atoms with Crippen LogP contribution in [-0.2, 0) is 11.3 Å². The maximum Gasteiger partial charge on any atom is 0.356 e. The quantitative estimate of drug-likeness (QED) is 0.819. The third-order valence-electron chi connectivity index (χ3n) is 2.99. The van der Waals surface area contributed by atoms with Crippen LogP contribution in [0.15, 0.2) is 30.3 Å². The van der Waals surface area contributed by atoms with Crippen molar-refractivity contribution in [3.8, 4) is 17.0 Å². The lowest BCUT2D eigenvalue weighted by Crippen LogP contribution is -2.17. The van der Waals surface area contributed by atoms with E-state index in [-0.39, 0.29) is 0 Å². The lowest BCUT2D eigenvalue weighted by Gasteiger charge is -2.05. The first kappa shape index (κ1) is 15.1. The second kappa shape index (κ2) is 6.90. The number of rotatable bonds is 6. The van der Waals surface area contributed by atoms with Gasteiger partial charge in [-0.15, -0.1) is 0 Å². The number of hydrogen-bond donors (Lipinski definition) is 1. The number of benzene rings is 1. The molecule has 0 bridgehead atoms. The second-order valence-corrected chi connectivity index (χ2v) is 4.35. The number of aromatic nitrogens is 2. The molecule has 1 heterocycles. The van der Waals surface area contributed by atoms with E-state index in [4.69, 9.17) is 15.2 Å². The first-order valence-electron chi connectivity index (χ1n) is 6.79. The van der Waals surface area contributed by atoms with Gasteiger partial charge in [0.2, 0.25) is 0 Å². The van der Waals surface area contributed by atoms with Crippen LogP contribution in [0.1, 0.15) is 17.4 Å². The Morgan fingerprint density at radius 1 is 1.38 bits per heavy atom. The zero-order valence-corrected chi connectivity index (χ0v) is 12.2. The Kier molecular flexibility index (Phi) is 4.94. The number of nitrogens with zero attached hydrogens (tertiary/aromatic N) is 2. The summed E-state index contributed by atoms with van der Waals surface area (Å²) >= 11 is 0. The third-order valence-corrected chi connectivity index (χ3v) is 2.99. The Hall–Kier alpha value is -2.34. The molecular weight excluding hydrogens is 270 g/mol. The normalized spacial score (nSPS) is 10.4. The molecule has 0 spiro atoms. The van der Waals surface area contributed by atoms with Crippen molar-refractivity contribution >= 4 is 5.97 Å². The highest BCUT2D eigenvalue weighted by molar-refractivity contribution is 5.89. The van der Waals surface area contributed by atoms with E-state index in [1.165, 1.54) is 0 Å². The van der Waals surface area contributed by atoms with E-state index in [1.54, 1.807) is 24.8 Å². The fourth-order valence-corrected chi connectivity index (χ4v) is 2.07. The van der Waals surface area contributed by atoms with Crippen molar-refractivity contribution in [3.05, 3.63) is 36.0 Å². The van der Waals surface area contributed by atoms with Gasteiger partial charge in [-0.1, -0.05) is 12.1 Å². The molecule has 2 N–H and O–H groups in total. The Bertz CT molecular complexity index is 622. The Balaban J connectivity index is 2.45. The number of methoxy groups -OCH3 is 1. The van der Waals surface area contributed by atoms with Crippen LogP contribution in [0.5, 0.6) is 5.75 Å². The highest BCUT2D eigenvalue weighted by atomic mass is 16.5. The van der Waals surface area contributed by atoms with E-state index >= 15 is 0 Å². The molecule has 21 heavy (non-hydrogen) atoms. The van der Waals surface area contributed by atoms with E-state index in [2.05, 4.69) is 5.10 Å². The van der Waals surface area contributed by atoms with Crippen molar-refractivity contribution in [2.45, 2.75) is 13.5 Å². The van der Waals surface area contributed by atoms with E-state index in [0.29, 0.717) is 36.8 Å². The van der Waals surface area contributed by atoms with Crippen molar-refractivity contribution in [1.29, 1.82) is 0 Å². The van der Waals surface area contributed by atoms with Crippen LogP contribution in [0.25, 0.3) is 11.3 Å². The summed E-state index contributed by atoms with van der Waals surface area (Å²) in [5.41, 5.74) is 7.44. The molecule has 1 aromatic heterocycles. The standard InChI is InChI=1S/C15H19N3O3/c1-3-21-15(19)13-10-12(17-18(13)9-8-16)11-6-4-5-7-14(11)20-2/h4-7,10H,3,8-9,16H2,1-2H3. The highest BCUT2D eigenvalue weighted by Gasteiger charge is 2.18. The number of nitrogens with two attached hydrogens (primary N) is 1. The molecule has 0 aliphatic carbocycles. The molecule has 0 radical (unpaired) electrons. The molecule has 1 aromatic carbocycles. The zero-order chi connectivity index (χ0) is 15.2. The number of esters is 1. The second-order valence-electron chi connectivity index (χ2n) is 4.35. The van der Waals surface area contributed by atoms with Gasteiger partial charge < -0.3 is 15.2 Å². The predicted molar refractivity (Wildman–Crippen MR) is 79.2 cm³/mol. The van der Waals surface area contributed by atoms with Gasteiger partial charge in [0.05, 0.1) is 26.0 Å². The minimum Gasteiger partial charge on any atom is -0.496 e. The van der Waals surface area contributed by atoms with Gasteiger partial charge in [0.15, 0.2) is 0 Å². The van der Waals surface area contributed by atoms with Gasteiger partial charge in [-0.2, -0.15) is 5.10 Å². The Labute approximate surface area is 123 Å². The maximum atomic E-state index is 12.0. The van der Waals surface area contributed by atoms with Crippen molar-refractivity contribution in [1.82, 2.24) is 9.78 Å². The topological polar surface area (TPSA) is 79.4 Å². The average molecular weight is 289 g/mol. The molecule has 6 nitrogen and oxygen atoms in total. The SMILES string of the molecule is CCOC(=O)c1cc(-c2ccccc2OC)nn1CCN. The molecule has 0 aliphatic rings. The van der Waals surface area contributed by atoms with Gasteiger partial charge in [-0.05, 0) is 25.1 Å². The minimum atomic E-state index is -0.403. The fraction of sp³-hybridized carbons (Fsp3) is 0.333. The number of hydrogen-bond acceptors (Lipinski definition) is 5. The first-order valence-corrected chi connectivity index (χ1v) is 6.79. The van der Waals surface area contributed by atoms with Crippen LogP contribution in [0, 0.1) is 0 Å². The van der Waals surface area contributed by atoms with Gasteiger partial charge in [-0.25, -0.2) is 4.79 Å². The lowest BCUT2D eigenvalue weighted by atomic mass is 10.1. The Morgan fingerprint density at radius 2 is 2.14 bits per heavy atom. The van der Waals surface area contributed by atoms with E-state index in [9.17, 15) is 4.79 Å². The number of ether oxygens (including phenoxy) is 2. The molecule has 0 amide bonds. The van der Waals surface area contributed by atoms with Crippen LogP contribution in [0.3, 0.4) is 0 Å². The van der Waals surface area contributed by atoms with Crippen molar-refractivity contribution in [3.63, 3.8) is 0 Å². The van der Waals surface area contributed by atoms with Crippen LogP contribution < -0.4 is 10.5 Å². The summed E-state index contributed by atoms with van der Waals surface area (Å²) in [6.45, 7) is 2.92. The smallest absolute Gasteiger partial charge is 0.356 e. The molecule has 2 rings (SSSR count). The molecule has 0 aliphatic heterocycles. The molecular formula is C15H19N3O3. The van der Waals surface area contributed by atoms with E-state index < -0.39 is 5.97 Å². The summed E-state index contributed by atoms with van der Waals surface area (Å²) < 4.78 is 11.9. The van der Waals surface area contributed by atoms with Gasteiger partial charge in [0, 0.05) is 12.1 Å². The summed E-state index contributed by atoms with van der Waals surface area (Å²) in [7, 11) is 1.60. The van der Waals surface area contributed by atoms with Gasteiger partial charge >= 0.3 is 5.97 Å². The summed E-state index contributed by atoms with van der Waals surface area (Å²) in [5.74, 6) is 0.296. The number of carbonyl (C=O) groups is 1. The van der Waals surface area contributed by atoms with E-state index in [1.807, 2.05) is 24.3 Å². The van der Waals surface area contributed by atoms with Crippen LogP contribution in [0.2, 0.25) is 0 Å². The molecule has 0 saturated heterocycles. The molecule has 112 valence electrons. The lowest BCUT2D eigenvalue weighted by molar-refractivity contribution is 0.0512. The Morgan fingerprint density at radius 3 is 2.81 bits per heavy atom. The molecule has 0 saturated carbocycles. The summed E-state index contributed by atoms with van der Waals surface area (Å²) in [6.07, 6.45) is 0. The van der Waals surface area contributed by atoms with Crippen LogP contribution >= 0.6 is 0 Å². The first-order chi connectivity index (χ1) is 10.2. The van der Waals surface area contributed by atoms with Crippen LogP contribution in [0.4, 0.5) is 0 Å². The fourth-order valence-electron chi connectivity index (χ4n) is 2.07. The monoisotopic (exact) mass is 289 g/mol. The molecule has 2 aromatic rings. The van der Waals surface area contributed by atoms with E-state index in [0.717, 1.165) is 5.56 Å². The van der Waals surface area contributed by atoms with Crippen molar-refractivity contribution in [2.24, 2.45) is 5.73 Å². The summed E-state index contributed by atoms with van der Waals surface area (Å²) in [6, 6.07) is 9.21. The van der Waals surface area contributed by atoms with Gasteiger partial charge in [0.25, 0.3) is 0 Å². The largest absolute Gasteiger partial charge is 0.496 e. The zero-order valence-electron chi connectivity index (χ0n) is 12.2. The van der Waals surface area contributed by atoms with Crippen molar-refractivity contribution in [2.75, 3.05) is 20.3 Å². The summed E-state index contributed by atoms with van der Waals surface area (Å²) in [4.78, 5) is 12.0. The molecule has 0 fully saturated rings. The summed E-state index contributed by atoms with van der Waals surface area (Å²) in [5, 5.41) is 4.44.